The lowest BCUT2D eigenvalue weighted by Gasteiger charge is -2.22. The normalized spacial score (nSPS) is 16.8. The van der Waals surface area contributed by atoms with E-state index in [1.54, 1.807) is 0 Å². The molecule has 1 aliphatic carbocycles. The predicted octanol–water partition coefficient (Wildman–Crippen LogP) is 4.10. The van der Waals surface area contributed by atoms with Crippen LogP contribution in [0.3, 0.4) is 0 Å². The topological polar surface area (TPSA) is 83.8 Å². The Balaban J connectivity index is 1.97. The van der Waals surface area contributed by atoms with E-state index in [4.69, 9.17) is 9.63 Å². The molecule has 2 rings (SSSR count). The molecule has 6 heteroatoms. The van der Waals surface area contributed by atoms with Crippen LogP contribution in [0.2, 0.25) is 0 Å². The van der Waals surface area contributed by atoms with Gasteiger partial charge in [0.25, 0.3) is 0 Å². The number of carbonyl (C=O) groups is 1. The van der Waals surface area contributed by atoms with Gasteiger partial charge < -0.3 is 14.7 Å². The van der Waals surface area contributed by atoms with Gasteiger partial charge in [0.1, 0.15) is 6.61 Å². The molecule has 1 aliphatic rings. The highest BCUT2D eigenvalue weighted by molar-refractivity contribution is 7.39. The van der Waals surface area contributed by atoms with Crippen molar-refractivity contribution in [3.8, 4) is 11.8 Å². The molecule has 1 aromatic rings. The van der Waals surface area contributed by atoms with Gasteiger partial charge in [0.05, 0.1) is 12.5 Å². The summed E-state index contributed by atoms with van der Waals surface area (Å²) in [6.07, 6.45) is 5.83. The second-order valence-electron chi connectivity index (χ2n) is 7.74. The van der Waals surface area contributed by atoms with Crippen LogP contribution in [0.25, 0.3) is 0 Å². The van der Waals surface area contributed by atoms with E-state index in [1.165, 1.54) is 43.2 Å². The van der Waals surface area contributed by atoms with E-state index in [-0.39, 0.29) is 12.8 Å². The number of aliphatic hydroxyl groups is 1. The Morgan fingerprint density at radius 1 is 1.29 bits per heavy atom. The molecular weight excluding hydrogens is 375 g/mol. The van der Waals surface area contributed by atoms with Crippen molar-refractivity contribution < 1.29 is 24.1 Å². The van der Waals surface area contributed by atoms with Gasteiger partial charge >= 0.3 is 5.97 Å². The Kier molecular flexibility index (Phi) is 9.25. The number of aryl methyl sites for hydroxylation is 2. The van der Waals surface area contributed by atoms with Gasteiger partial charge in [-0.1, -0.05) is 61.6 Å². The average molecular weight is 406 g/mol. The summed E-state index contributed by atoms with van der Waals surface area (Å²) in [4.78, 5) is 10.5. The van der Waals surface area contributed by atoms with Crippen molar-refractivity contribution in [2.45, 2.75) is 64.9 Å². The van der Waals surface area contributed by atoms with Crippen molar-refractivity contribution in [1.29, 1.82) is 0 Å². The number of rotatable bonds is 8. The maximum absolute atomic E-state index is 11.8. The smallest absolute Gasteiger partial charge is 0.305 e. The Labute approximate surface area is 168 Å². The molecule has 1 unspecified atom stereocenters. The third kappa shape index (κ3) is 7.80. The van der Waals surface area contributed by atoms with E-state index in [2.05, 4.69) is 37.8 Å². The van der Waals surface area contributed by atoms with Crippen molar-refractivity contribution in [2.75, 3.05) is 12.8 Å². The highest BCUT2D eigenvalue weighted by Crippen LogP contribution is 2.29. The molecule has 5 nitrogen and oxygen atoms in total. The lowest BCUT2D eigenvalue weighted by molar-refractivity contribution is -0.138. The van der Waals surface area contributed by atoms with Crippen molar-refractivity contribution in [3.63, 3.8) is 0 Å². The fourth-order valence-electron chi connectivity index (χ4n) is 3.86. The molecular formula is C22H31O5P. The quantitative estimate of drug-likeness (QED) is 0.502. The van der Waals surface area contributed by atoms with Gasteiger partial charge in [-0.25, -0.2) is 0 Å². The minimum atomic E-state index is -2.50. The van der Waals surface area contributed by atoms with Crippen LogP contribution in [0.1, 0.15) is 60.8 Å². The Morgan fingerprint density at radius 2 is 2.00 bits per heavy atom. The molecule has 0 bridgehead atoms. The first-order valence-electron chi connectivity index (χ1n) is 9.99. The second kappa shape index (κ2) is 11.4. The first-order valence-corrected chi connectivity index (χ1v) is 11.5. The SMILES string of the molecule is Cc1cc(C)c(C#CCO[PH](=O)C[C@@H](O)CC(=O)O)c(CC2CCCCC2)c1. The molecule has 1 saturated carbocycles. The molecule has 0 aliphatic heterocycles. The number of aliphatic hydroxyl groups excluding tert-OH is 1. The lowest BCUT2D eigenvalue weighted by Crippen LogP contribution is -2.15. The summed E-state index contributed by atoms with van der Waals surface area (Å²) < 4.78 is 17.0. The molecule has 28 heavy (non-hydrogen) atoms. The van der Waals surface area contributed by atoms with Gasteiger partial charge in [-0.2, -0.15) is 0 Å². The highest BCUT2D eigenvalue weighted by Gasteiger charge is 2.16. The van der Waals surface area contributed by atoms with Gasteiger partial charge in [0.15, 0.2) is 8.03 Å². The summed E-state index contributed by atoms with van der Waals surface area (Å²) >= 11 is 0. The lowest BCUT2D eigenvalue weighted by atomic mass is 9.83. The van der Waals surface area contributed by atoms with Gasteiger partial charge in [-0.15, -0.1) is 0 Å². The number of hydrogen-bond donors (Lipinski definition) is 2. The zero-order valence-electron chi connectivity index (χ0n) is 16.8. The summed E-state index contributed by atoms with van der Waals surface area (Å²) in [5, 5.41) is 18.1. The Bertz CT molecular complexity index is 756. The molecule has 0 aromatic heterocycles. The summed E-state index contributed by atoms with van der Waals surface area (Å²) in [6.45, 7) is 4.17. The fraction of sp³-hybridized carbons (Fsp3) is 0.591. The third-order valence-electron chi connectivity index (χ3n) is 5.13. The van der Waals surface area contributed by atoms with Crippen molar-refractivity contribution in [1.82, 2.24) is 0 Å². The number of aliphatic carboxylic acids is 1. The van der Waals surface area contributed by atoms with Crippen LogP contribution in [0, 0.1) is 31.6 Å². The Morgan fingerprint density at radius 3 is 2.68 bits per heavy atom. The standard InChI is InChI=1S/C22H31O5P/c1-16-11-17(2)21(19(12-16)13-18-7-4-3-5-8-18)9-6-10-27-28(26)15-20(23)14-22(24)25/h11-12,18,20,23,28H,3-5,7-8,10,13-15H2,1-2H3,(H,24,25)/t20-/m0/s1. The van der Waals surface area contributed by atoms with Crippen LogP contribution in [-0.4, -0.2) is 35.1 Å². The van der Waals surface area contributed by atoms with Crippen molar-refractivity contribution in [3.05, 3.63) is 34.4 Å². The van der Waals surface area contributed by atoms with Crippen molar-refractivity contribution in [2.24, 2.45) is 5.92 Å². The summed E-state index contributed by atoms with van der Waals surface area (Å²) in [5.74, 6) is 5.72. The molecule has 2 atom stereocenters. The first-order chi connectivity index (χ1) is 13.3. The third-order valence-corrected chi connectivity index (χ3v) is 6.40. The van der Waals surface area contributed by atoms with Crippen molar-refractivity contribution >= 4 is 14.0 Å². The first kappa shape index (κ1) is 22.7. The summed E-state index contributed by atoms with van der Waals surface area (Å²) in [6, 6.07) is 4.35. The monoisotopic (exact) mass is 406 g/mol. The highest BCUT2D eigenvalue weighted by atomic mass is 31.1. The number of benzene rings is 1. The molecule has 0 saturated heterocycles. The van der Waals surface area contributed by atoms with E-state index in [0.29, 0.717) is 0 Å². The zero-order chi connectivity index (χ0) is 20.5. The molecule has 0 amide bonds. The molecule has 0 radical (unpaired) electrons. The summed E-state index contributed by atoms with van der Waals surface area (Å²) in [5.41, 5.74) is 4.69. The number of carboxylic acids is 1. The van der Waals surface area contributed by atoms with E-state index >= 15 is 0 Å². The van der Waals surface area contributed by atoms with E-state index in [0.717, 1.165) is 23.5 Å². The van der Waals surface area contributed by atoms with Crippen LogP contribution in [0.15, 0.2) is 12.1 Å². The van der Waals surface area contributed by atoms with Gasteiger partial charge in [-0.3, -0.25) is 9.36 Å². The van der Waals surface area contributed by atoms with E-state index < -0.39 is 26.5 Å². The van der Waals surface area contributed by atoms with Crippen LogP contribution in [0.4, 0.5) is 0 Å². The summed E-state index contributed by atoms with van der Waals surface area (Å²) in [7, 11) is -2.50. The fourth-order valence-corrected chi connectivity index (χ4v) is 4.74. The molecule has 0 spiro atoms. The number of hydrogen-bond acceptors (Lipinski definition) is 4. The minimum absolute atomic E-state index is 0.00771. The largest absolute Gasteiger partial charge is 0.481 e. The molecule has 1 aromatic carbocycles. The van der Waals surface area contributed by atoms with Gasteiger partial charge in [0, 0.05) is 11.7 Å². The van der Waals surface area contributed by atoms with Gasteiger partial charge in [-0.05, 0) is 37.3 Å². The van der Waals surface area contributed by atoms with Crippen LogP contribution < -0.4 is 0 Å². The predicted molar refractivity (Wildman–Crippen MR) is 111 cm³/mol. The molecule has 2 N–H and O–H groups in total. The van der Waals surface area contributed by atoms with E-state index in [9.17, 15) is 14.5 Å². The second-order valence-corrected chi connectivity index (χ2v) is 9.18. The van der Waals surface area contributed by atoms with Gasteiger partial charge in [0.2, 0.25) is 0 Å². The van der Waals surface area contributed by atoms with E-state index in [1.807, 2.05) is 0 Å². The van der Waals surface area contributed by atoms with Crippen LogP contribution >= 0.6 is 8.03 Å². The maximum atomic E-state index is 11.8. The molecule has 0 heterocycles. The van der Waals surface area contributed by atoms with Crippen LogP contribution in [0.5, 0.6) is 0 Å². The zero-order valence-corrected chi connectivity index (χ0v) is 17.8. The van der Waals surface area contributed by atoms with Crippen LogP contribution in [-0.2, 0) is 20.3 Å². The Hall–Kier alpha value is -1.60. The average Bonchev–Trinajstić information content (AvgIpc) is 2.60. The number of carboxylic acid groups (broad SMARTS) is 1. The minimum Gasteiger partial charge on any atom is -0.481 e. The maximum Gasteiger partial charge on any atom is 0.305 e. The molecule has 1 fully saturated rings. The molecule has 154 valence electrons.